The topological polar surface area (TPSA) is 190 Å². The lowest BCUT2D eigenvalue weighted by molar-refractivity contribution is -0.284. The highest BCUT2D eigenvalue weighted by atomic mass is 35.5. The van der Waals surface area contributed by atoms with Crippen molar-refractivity contribution in [3.8, 4) is 0 Å². The van der Waals surface area contributed by atoms with Crippen molar-refractivity contribution < 1.29 is 54.6 Å². The third kappa shape index (κ3) is 2.74. The van der Waals surface area contributed by atoms with E-state index in [1.807, 2.05) is 0 Å². The van der Waals surface area contributed by atoms with Gasteiger partial charge in [0.05, 0.1) is 31.7 Å². The number of ether oxygens (including phenoxy) is 2. The van der Waals surface area contributed by atoms with Crippen LogP contribution in [0.5, 0.6) is 0 Å². The zero-order valence-corrected chi connectivity index (χ0v) is 13.1. The van der Waals surface area contributed by atoms with Gasteiger partial charge in [-0.15, -0.1) is 0 Å². The number of halogens is 1. The summed E-state index contributed by atoms with van der Waals surface area (Å²) in [5.41, 5.74) is -2.33. The van der Waals surface area contributed by atoms with Crippen LogP contribution in [0.15, 0.2) is 0 Å². The van der Waals surface area contributed by atoms with Gasteiger partial charge in [-0.3, -0.25) is 4.29 Å². The molecule has 24 heavy (non-hydrogen) atoms. The molecule has 142 valence electrons. The van der Waals surface area contributed by atoms with Gasteiger partial charge in [-0.25, -0.2) is 0 Å². The van der Waals surface area contributed by atoms with Crippen molar-refractivity contribution in [3.63, 3.8) is 0 Å². The smallest absolute Gasteiger partial charge is 0.219 e. The Labute approximate surface area is 141 Å². The average molecular weight is 377 g/mol. The van der Waals surface area contributed by atoms with Crippen molar-refractivity contribution in [2.24, 2.45) is 0 Å². The molecule has 2 fully saturated rings. The highest BCUT2D eigenvalue weighted by molar-refractivity contribution is 6.07. The van der Waals surface area contributed by atoms with Crippen LogP contribution in [0.2, 0.25) is 0 Å². The Bertz CT molecular complexity index is 439. The molecule has 0 saturated carbocycles. The fourth-order valence-electron chi connectivity index (χ4n) is 3.18. The van der Waals surface area contributed by atoms with E-state index in [1.54, 1.807) is 0 Å². The summed E-state index contributed by atoms with van der Waals surface area (Å²) in [6, 6.07) is 0. The van der Waals surface area contributed by atoms with Gasteiger partial charge in [0, 0.05) is 0 Å². The van der Waals surface area contributed by atoms with E-state index in [4.69, 9.17) is 25.6 Å². The third-order valence-electron chi connectivity index (χ3n) is 4.57. The Hall–Kier alpha value is -0.150. The van der Waals surface area contributed by atoms with Crippen LogP contribution in [0.3, 0.4) is 0 Å². The fraction of sp³-hybridized carbons (Fsp3) is 1.00. The maximum atomic E-state index is 10.4. The highest BCUT2D eigenvalue weighted by Crippen LogP contribution is 2.46. The van der Waals surface area contributed by atoms with Crippen LogP contribution < -0.4 is 0 Å². The van der Waals surface area contributed by atoms with E-state index < -0.39 is 73.9 Å². The minimum atomic E-state index is -2.60. The van der Waals surface area contributed by atoms with Crippen molar-refractivity contribution in [3.05, 3.63) is 0 Å². The molecular formula is C12H21ClO11. The quantitative estimate of drug-likeness (QED) is 0.230. The standard InChI is InChI=1S/C12H21ClO11/c13-24-12(5(2-15)23-11(21,3-16)10(12)20)9-8(19)7(18)6(17)4(1-14)22-9/h4-10,14-21H,1-3H2/t4-,5-,6?,7+,8-,9-,10-,11+,12-/m1/s1. The molecule has 0 radical (unpaired) electrons. The first-order valence-electron chi connectivity index (χ1n) is 7.13. The van der Waals surface area contributed by atoms with Gasteiger partial charge in [0.25, 0.3) is 0 Å². The molecule has 11 nitrogen and oxygen atoms in total. The van der Waals surface area contributed by atoms with E-state index in [9.17, 15) is 40.9 Å². The summed E-state index contributed by atoms with van der Waals surface area (Å²) in [4.78, 5) is 0. The van der Waals surface area contributed by atoms with Gasteiger partial charge in [-0.05, 0) is 0 Å². The molecule has 0 spiro atoms. The van der Waals surface area contributed by atoms with Crippen LogP contribution in [0.1, 0.15) is 0 Å². The summed E-state index contributed by atoms with van der Waals surface area (Å²) in [7, 11) is 0. The second-order valence-electron chi connectivity index (χ2n) is 5.87. The lowest BCUT2D eigenvalue weighted by atomic mass is 9.78. The van der Waals surface area contributed by atoms with E-state index in [0.717, 1.165) is 0 Å². The average Bonchev–Trinajstić information content (AvgIpc) is 2.82. The second kappa shape index (κ2) is 7.23. The van der Waals surface area contributed by atoms with E-state index in [2.05, 4.69) is 0 Å². The predicted octanol–water partition coefficient (Wildman–Crippen LogP) is -4.83. The summed E-state index contributed by atoms with van der Waals surface area (Å²) < 4.78 is 15.0. The molecule has 0 aromatic rings. The molecule has 9 atom stereocenters. The van der Waals surface area contributed by atoms with E-state index >= 15 is 0 Å². The molecule has 2 rings (SSSR count). The molecule has 0 aromatic carbocycles. The number of aliphatic hydroxyl groups is 8. The summed E-state index contributed by atoms with van der Waals surface area (Å²) in [5.74, 6) is -2.60. The van der Waals surface area contributed by atoms with Crippen LogP contribution in [0, 0.1) is 0 Å². The Morgan fingerprint density at radius 2 is 1.58 bits per heavy atom. The number of hydrogen-bond donors (Lipinski definition) is 8. The number of rotatable bonds is 5. The van der Waals surface area contributed by atoms with Gasteiger partial charge >= 0.3 is 0 Å². The molecule has 0 amide bonds. The normalized spacial score (nSPS) is 52.6. The van der Waals surface area contributed by atoms with E-state index in [0.29, 0.717) is 0 Å². The Kier molecular flexibility index (Phi) is 6.07. The van der Waals surface area contributed by atoms with E-state index in [1.165, 1.54) is 0 Å². The van der Waals surface area contributed by atoms with Gasteiger partial charge in [-0.2, -0.15) is 0 Å². The monoisotopic (exact) mass is 376 g/mol. The molecule has 2 heterocycles. The zero-order chi connectivity index (χ0) is 18.3. The van der Waals surface area contributed by atoms with Crippen LogP contribution in [0.4, 0.5) is 0 Å². The van der Waals surface area contributed by atoms with Gasteiger partial charge in [-0.1, -0.05) is 0 Å². The van der Waals surface area contributed by atoms with Crippen molar-refractivity contribution in [2.45, 2.75) is 54.1 Å². The van der Waals surface area contributed by atoms with Crippen molar-refractivity contribution >= 4 is 11.9 Å². The van der Waals surface area contributed by atoms with E-state index in [-0.39, 0.29) is 0 Å². The van der Waals surface area contributed by atoms with Gasteiger partial charge in [0.1, 0.15) is 42.7 Å². The van der Waals surface area contributed by atoms with Crippen LogP contribution in [-0.4, -0.2) is 115 Å². The maximum Gasteiger partial charge on any atom is 0.219 e. The lowest BCUT2D eigenvalue weighted by Crippen LogP contribution is -2.71. The van der Waals surface area contributed by atoms with Gasteiger partial charge in [0.2, 0.25) is 5.79 Å². The molecule has 0 aromatic heterocycles. The van der Waals surface area contributed by atoms with Crippen molar-refractivity contribution in [1.82, 2.24) is 0 Å². The largest absolute Gasteiger partial charge is 0.394 e. The van der Waals surface area contributed by atoms with Crippen molar-refractivity contribution in [1.29, 1.82) is 0 Å². The number of hydrogen-bond acceptors (Lipinski definition) is 11. The summed E-state index contributed by atoms with van der Waals surface area (Å²) in [5, 5.41) is 78.4. The predicted molar refractivity (Wildman–Crippen MR) is 73.4 cm³/mol. The van der Waals surface area contributed by atoms with Gasteiger partial charge < -0.3 is 50.3 Å². The Balaban J connectivity index is 2.47. The molecule has 12 heteroatoms. The summed E-state index contributed by atoms with van der Waals surface area (Å²) in [6.07, 6.45) is -12.2. The first-order valence-corrected chi connectivity index (χ1v) is 7.44. The highest BCUT2D eigenvalue weighted by Gasteiger charge is 2.71. The first kappa shape index (κ1) is 20.2. The summed E-state index contributed by atoms with van der Waals surface area (Å²) in [6.45, 7) is -2.74. The second-order valence-corrected chi connectivity index (χ2v) is 6.03. The van der Waals surface area contributed by atoms with Crippen molar-refractivity contribution in [2.75, 3.05) is 19.8 Å². The Morgan fingerprint density at radius 1 is 0.958 bits per heavy atom. The summed E-state index contributed by atoms with van der Waals surface area (Å²) >= 11 is 5.45. The lowest BCUT2D eigenvalue weighted by Gasteiger charge is -2.48. The molecule has 8 N–H and O–H groups in total. The molecule has 1 unspecified atom stereocenters. The van der Waals surface area contributed by atoms with Crippen LogP contribution in [0.25, 0.3) is 0 Å². The molecule has 2 aliphatic heterocycles. The first-order chi connectivity index (χ1) is 11.2. The number of aliphatic hydroxyl groups excluding tert-OH is 7. The third-order valence-corrected chi connectivity index (χ3v) is 4.83. The van der Waals surface area contributed by atoms with Crippen LogP contribution in [-0.2, 0) is 13.8 Å². The molecule has 2 saturated heterocycles. The Morgan fingerprint density at radius 3 is 2.04 bits per heavy atom. The molecular weight excluding hydrogens is 356 g/mol. The fourth-order valence-corrected chi connectivity index (χ4v) is 3.46. The van der Waals surface area contributed by atoms with Crippen LogP contribution >= 0.6 is 11.9 Å². The molecule has 2 aliphatic rings. The SMILES string of the molecule is OC[C@H]1O[C@@H]([C@]2(OCl)[C@@H](CO)O[C@@](O)(CO)[C@H]2O)[C@H](O)[C@@H](O)C1O. The minimum absolute atomic E-state index is 0.759. The molecule has 0 aliphatic carbocycles. The minimum Gasteiger partial charge on any atom is -0.394 e. The maximum absolute atomic E-state index is 10.4. The van der Waals surface area contributed by atoms with Gasteiger partial charge in [0.15, 0.2) is 5.60 Å². The molecule has 0 bridgehead atoms. The zero-order valence-electron chi connectivity index (χ0n) is 12.3.